The van der Waals surface area contributed by atoms with Crippen molar-refractivity contribution in [2.45, 2.75) is 27.4 Å². The van der Waals surface area contributed by atoms with Crippen LogP contribution in [0.2, 0.25) is 0 Å². The van der Waals surface area contributed by atoms with E-state index in [1.807, 2.05) is 6.92 Å². The third kappa shape index (κ3) is 4.25. The Bertz CT molecular complexity index is 692. The number of aryl methyl sites for hydroxylation is 2. The minimum Gasteiger partial charge on any atom is -0.490 e. The van der Waals surface area contributed by atoms with Crippen molar-refractivity contribution < 1.29 is 19.0 Å². The number of esters is 1. The average molecular weight is 314 g/mol. The molecule has 0 unspecified atom stereocenters. The summed E-state index contributed by atoms with van der Waals surface area (Å²) in [6.07, 6.45) is 0. The fourth-order valence-electron chi connectivity index (χ4n) is 2.25. The van der Waals surface area contributed by atoms with E-state index in [0.717, 1.165) is 5.56 Å². The molecule has 23 heavy (non-hydrogen) atoms. The molecule has 2 aromatic rings. The lowest BCUT2D eigenvalue weighted by atomic mass is 10.1. The molecule has 2 aromatic carbocycles. The molecule has 0 aliphatic rings. The van der Waals surface area contributed by atoms with Crippen molar-refractivity contribution in [3.63, 3.8) is 0 Å². The SMILES string of the molecule is CCOc1cc(C(=O)OC)ccc1OCc1cc(C)ccc1C. The summed E-state index contributed by atoms with van der Waals surface area (Å²) >= 11 is 0. The smallest absolute Gasteiger partial charge is 0.337 e. The highest BCUT2D eigenvalue weighted by Crippen LogP contribution is 2.30. The number of hydrogen-bond donors (Lipinski definition) is 0. The number of methoxy groups -OCH3 is 1. The summed E-state index contributed by atoms with van der Waals surface area (Å²) in [5, 5.41) is 0. The van der Waals surface area contributed by atoms with Crippen LogP contribution in [0, 0.1) is 13.8 Å². The van der Waals surface area contributed by atoms with Crippen LogP contribution >= 0.6 is 0 Å². The van der Waals surface area contributed by atoms with Gasteiger partial charge in [0.1, 0.15) is 6.61 Å². The molecule has 0 atom stereocenters. The number of hydrogen-bond acceptors (Lipinski definition) is 4. The molecule has 0 spiro atoms. The Kier molecular flexibility index (Phi) is 5.63. The quantitative estimate of drug-likeness (QED) is 0.754. The molecule has 4 nitrogen and oxygen atoms in total. The van der Waals surface area contributed by atoms with Gasteiger partial charge in [-0.25, -0.2) is 4.79 Å². The molecule has 0 heterocycles. The lowest BCUT2D eigenvalue weighted by Gasteiger charge is -2.14. The molecule has 0 bridgehead atoms. The van der Waals surface area contributed by atoms with Crippen LogP contribution in [0.15, 0.2) is 36.4 Å². The van der Waals surface area contributed by atoms with Gasteiger partial charge in [-0.3, -0.25) is 0 Å². The fraction of sp³-hybridized carbons (Fsp3) is 0.316. The van der Waals surface area contributed by atoms with Crippen LogP contribution in [0.5, 0.6) is 11.5 Å². The standard InChI is InChI=1S/C19H22O4/c1-5-22-18-11-15(19(20)21-4)8-9-17(18)23-12-16-10-13(2)6-7-14(16)3/h6-11H,5,12H2,1-4H3. The zero-order chi connectivity index (χ0) is 16.8. The zero-order valence-corrected chi connectivity index (χ0v) is 14.0. The number of carbonyl (C=O) groups excluding carboxylic acids is 1. The van der Waals surface area contributed by atoms with Crippen LogP contribution in [0.3, 0.4) is 0 Å². The van der Waals surface area contributed by atoms with Crippen molar-refractivity contribution in [1.82, 2.24) is 0 Å². The summed E-state index contributed by atoms with van der Waals surface area (Å²) in [5.74, 6) is 0.758. The Balaban J connectivity index is 2.21. The summed E-state index contributed by atoms with van der Waals surface area (Å²) < 4.78 is 16.2. The molecule has 0 N–H and O–H groups in total. The molecule has 0 aromatic heterocycles. The van der Waals surface area contributed by atoms with Crippen LogP contribution in [0.1, 0.15) is 34.0 Å². The monoisotopic (exact) mass is 314 g/mol. The molecule has 0 amide bonds. The number of carbonyl (C=O) groups is 1. The second-order valence-corrected chi connectivity index (χ2v) is 5.30. The Morgan fingerprint density at radius 1 is 1.00 bits per heavy atom. The first kappa shape index (κ1) is 16.9. The second-order valence-electron chi connectivity index (χ2n) is 5.30. The van der Waals surface area contributed by atoms with Gasteiger partial charge >= 0.3 is 5.97 Å². The highest BCUT2D eigenvalue weighted by molar-refractivity contribution is 5.90. The molecule has 0 saturated heterocycles. The Hall–Kier alpha value is -2.49. The highest BCUT2D eigenvalue weighted by Gasteiger charge is 2.12. The Labute approximate surface area is 137 Å². The topological polar surface area (TPSA) is 44.8 Å². The van der Waals surface area contributed by atoms with Crippen LogP contribution in [-0.4, -0.2) is 19.7 Å². The molecule has 122 valence electrons. The minimum atomic E-state index is -0.396. The first-order valence-electron chi connectivity index (χ1n) is 7.59. The average Bonchev–Trinajstić information content (AvgIpc) is 2.56. The third-order valence-corrected chi connectivity index (χ3v) is 3.55. The van der Waals surface area contributed by atoms with Gasteiger partial charge in [-0.15, -0.1) is 0 Å². The van der Waals surface area contributed by atoms with Crippen LogP contribution in [0.4, 0.5) is 0 Å². The molecule has 0 fully saturated rings. The van der Waals surface area contributed by atoms with Crippen molar-refractivity contribution in [3.05, 3.63) is 58.7 Å². The lowest BCUT2D eigenvalue weighted by molar-refractivity contribution is 0.0600. The molecule has 0 aliphatic heterocycles. The summed E-state index contributed by atoms with van der Waals surface area (Å²) in [5.41, 5.74) is 3.94. The van der Waals surface area contributed by atoms with E-state index in [0.29, 0.717) is 30.3 Å². The summed E-state index contributed by atoms with van der Waals surface area (Å²) in [6, 6.07) is 11.3. The van der Waals surface area contributed by atoms with Crippen molar-refractivity contribution >= 4 is 5.97 Å². The first-order valence-corrected chi connectivity index (χ1v) is 7.59. The zero-order valence-electron chi connectivity index (χ0n) is 14.0. The molecule has 2 rings (SSSR count). The third-order valence-electron chi connectivity index (χ3n) is 3.55. The highest BCUT2D eigenvalue weighted by atomic mass is 16.5. The van der Waals surface area contributed by atoms with E-state index in [-0.39, 0.29) is 0 Å². The Morgan fingerprint density at radius 3 is 2.48 bits per heavy atom. The van der Waals surface area contributed by atoms with Gasteiger partial charge in [0.25, 0.3) is 0 Å². The van der Waals surface area contributed by atoms with E-state index in [4.69, 9.17) is 14.2 Å². The first-order chi connectivity index (χ1) is 11.0. The van der Waals surface area contributed by atoms with Crippen LogP contribution < -0.4 is 9.47 Å². The normalized spacial score (nSPS) is 10.3. The van der Waals surface area contributed by atoms with Gasteiger partial charge in [-0.1, -0.05) is 23.8 Å². The number of rotatable bonds is 6. The molecule has 0 radical (unpaired) electrons. The van der Waals surface area contributed by atoms with Gasteiger partial charge in [0.2, 0.25) is 0 Å². The minimum absolute atomic E-state index is 0.396. The van der Waals surface area contributed by atoms with E-state index in [9.17, 15) is 4.79 Å². The van der Waals surface area contributed by atoms with Gasteiger partial charge in [-0.2, -0.15) is 0 Å². The van der Waals surface area contributed by atoms with Crippen LogP contribution in [0.25, 0.3) is 0 Å². The Morgan fingerprint density at radius 2 is 1.78 bits per heavy atom. The van der Waals surface area contributed by atoms with Gasteiger partial charge < -0.3 is 14.2 Å². The van der Waals surface area contributed by atoms with E-state index < -0.39 is 5.97 Å². The van der Waals surface area contributed by atoms with Crippen molar-refractivity contribution in [2.24, 2.45) is 0 Å². The maximum atomic E-state index is 11.6. The van der Waals surface area contributed by atoms with Crippen molar-refractivity contribution in [2.75, 3.05) is 13.7 Å². The molecule has 0 aliphatic carbocycles. The molecular weight excluding hydrogens is 292 g/mol. The summed E-state index contributed by atoms with van der Waals surface area (Å²) in [6.45, 7) is 6.94. The van der Waals surface area contributed by atoms with Gasteiger partial charge in [0.05, 0.1) is 19.3 Å². The summed E-state index contributed by atoms with van der Waals surface area (Å²) in [7, 11) is 1.35. The van der Waals surface area contributed by atoms with E-state index in [1.54, 1.807) is 18.2 Å². The largest absolute Gasteiger partial charge is 0.490 e. The fourth-order valence-corrected chi connectivity index (χ4v) is 2.25. The van der Waals surface area contributed by atoms with Crippen LogP contribution in [-0.2, 0) is 11.3 Å². The number of ether oxygens (including phenoxy) is 3. The van der Waals surface area contributed by atoms with E-state index >= 15 is 0 Å². The van der Waals surface area contributed by atoms with Gasteiger partial charge in [-0.05, 0) is 50.1 Å². The molecule has 4 heteroatoms. The molecular formula is C19H22O4. The van der Waals surface area contributed by atoms with E-state index in [2.05, 4.69) is 32.0 Å². The maximum absolute atomic E-state index is 11.6. The van der Waals surface area contributed by atoms with Gasteiger partial charge in [0.15, 0.2) is 11.5 Å². The van der Waals surface area contributed by atoms with E-state index in [1.165, 1.54) is 18.2 Å². The summed E-state index contributed by atoms with van der Waals surface area (Å²) in [4.78, 5) is 11.6. The van der Waals surface area contributed by atoms with Gasteiger partial charge in [0, 0.05) is 0 Å². The predicted octanol–water partition coefficient (Wildman–Crippen LogP) is 4.07. The molecule has 0 saturated carbocycles. The lowest BCUT2D eigenvalue weighted by Crippen LogP contribution is -2.05. The van der Waals surface area contributed by atoms with Crippen molar-refractivity contribution in [3.8, 4) is 11.5 Å². The maximum Gasteiger partial charge on any atom is 0.337 e. The number of benzene rings is 2. The predicted molar refractivity (Wildman–Crippen MR) is 89.2 cm³/mol. The second kappa shape index (κ2) is 7.68. The van der Waals surface area contributed by atoms with Crippen molar-refractivity contribution in [1.29, 1.82) is 0 Å².